The number of hydrogen-bond acceptors (Lipinski definition) is 5. The third-order valence-electron chi connectivity index (χ3n) is 3.63. The summed E-state index contributed by atoms with van der Waals surface area (Å²) >= 11 is 0. The van der Waals surface area contributed by atoms with E-state index < -0.39 is 5.56 Å². The predicted molar refractivity (Wildman–Crippen MR) is 88.0 cm³/mol. The number of carbonyl (C=O) groups excluding carboxylic acids is 1. The Balaban J connectivity index is 2.35. The number of nitrogen functional groups attached to an aromatic ring is 1. The van der Waals surface area contributed by atoms with Crippen molar-refractivity contribution in [1.82, 2.24) is 15.1 Å². The van der Waals surface area contributed by atoms with Crippen LogP contribution in [0.5, 0.6) is 0 Å². The molecule has 0 aliphatic carbocycles. The zero-order valence-corrected chi connectivity index (χ0v) is 13.8. The lowest BCUT2D eigenvalue weighted by Crippen LogP contribution is -2.38. The van der Waals surface area contributed by atoms with Crippen LogP contribution >= 0.6 is 0 Å². The van der Waals surface area contributed by atoms with Crippen LogP contribution in [-0.2, 0) is 11.3 Å². The predicted octanol–water partition coefficient (Wildman–Crippen LogP) is 1.62. The second kappa shape index (κ2) is 6.68. The number of furan rings is 1. The fourth-order valence-electron chi connectivity index (χ4n) is 2.24. The van der Waals surface area contributed by atoms with Crippen LogP contribution in [0.4, 0.5) is 5.69 Å². The highest BCUT2D eigenvalue weighted by molar-refractivity contribution is 5.76. The number of carbonyl (C=O) groups is 1. The molecule has 2 heterocycles. The Morgan fingerprint density at radius 3 is 2.70 bits per heavy atom. The largest absolute Gasteiger partial charge is 0.466 e. The first-order chi connectivity index (χ1) is 10.8. The van der Waals surface area contributed by atoms with Crippen LogP contribution in [0.15, 0.2) is 21.3 Å². The maximum absolute atomic E-state index is 12.1. The van der Waals surface area contributed by atoms with Gasteiger partial charge < -0.3 is 15.5 Å². The number of nitrogens with two attached hydrogens (primary N) is 1. The van der Waals surface area contributed by atoms with Crippen molar-refractivity contribution in [3.63, 3.8) is 0 Å². The Hall–Kier alpha value is -2.57. The lowest BCUT2D eigenvalue weighted by molar-refractivity contribution is -0.122. The lowest BCUT2D eigenvalue weighted by Gasteiger charge is -2.12. The van der Waals surface area contributed by atoms with E-state index in [-0.39, 0.29) is 24.2 Å². The molecule has 1 atom stereocenters. The summed E-state index contributed by atoms with van der Waals surface area (Å²) in [7, 11) is 0. The van der Waals surface area contributed by atoms with Crippen LogP contribution in [0.3, 0.4) is 0 Å². The first-order valence-corrected chi connectivity index (χ1v) is 7.56. The first-order valence-electron chi connectivity index (χ1n) is 7.56. The molecule has 0 aliphatic heterocycles. The summed E-state index contributed by atoms with van der Waals surface area (Å²) in [5.41, 5.74) is 6.61. The van der Waals surface area contributed by atoms with Crippen LogP contribution in [0.2, 0.25) is 0 Å². The lowest BCUT2D eigenvalue weighted by atomic mass is 10.1. The molecular formula is C16H22N4O3. The van der Waals surface area contributed by atoms with Gasteiger partial charge in [0.05, 0.1) is 5.69 Å². The number of nitrogens with zero attached hydrogens (tertiary/aromatic N) is 2. The summed E-state index contributed by atoms with van der Waals surface area (Å²) in [6, 6.07) is 3.37. The zero-order valence-electron chi connectivity index (χ0n) is 13.8. The molecule has 0 unspecified atom stereocenters. The van der Waals surface area contributed by atoms with Crippen LogP contribution in [-0.4, -0.2) is 21.7 Å². The molecule has 2 aromatic rings. The highest BCUT2D eigenvalue weighted by Gasteiger charge is 2.15. The molecule has 124 valence electrons. The Morgan fingerprint density at radius 1 is 1.43 bits per heavy atom. The molecule has 0 radical (unpaired) electrons. The van der Waals surface area contributed by atoms with Gasteiger partial charge in [0, 0.05) is 11.6 Å². The standard InChI is InChI=1S/C16H22N4O3/c1-5-9(2)18-15(21)8-20-16(22)13(17)7-14(19-20)12-6-10(3)23-11(12)4/h6-7,9H,5,8,17H2,1-4H3,(H,18,21)/t9-/m1/s1. The smallest absolute Gasteiger partial charge is 0.290 e. The molecule has 2 rings (SSSR count). The maximum atomic E-state index is 12.1. The molecule has 0 fully saturated rings. The summed E-state index contributed by atoms with van der Waals surface area (Å²) in [5.74, 6) is 1.15. The molecule has 0 aromatic carbocycles. The number of aryl methyl sites for hydroxylation is 2. The molecule has 2 aromatic heterocycles. The summed E-state index contributed by atoms with van der Waals surface area (Å²) in [5, 5.41) is 7.06. The fraction of sp³-hybridized carbons (Fsp3) is 0.438. The number of anilines is 1. The Bertz CT molecular complexity index is 776. The van der Waals surface area contributed by atoms with Crippen molar-refractivity contribution in [3.05, 3.63) is 34.0 Å². The molecule has 7 nitrogen and oxygen atoms in total. The molecule has 0 saturated carbocycles. The molecular weight excluding hydrogens is 296 g/mol. The van der Waals surface area contributed by atoms with Gasteiger partial charge in [0.25, 0.3) is 5.56 Å². The highest BCUT2D eigenvalue weighted by atomic mass is 16.3. The maximum Gasteiger partial charge on any atom is 0.290 e. The van der Waals surface area contributed by atoms with Gasteiger partial charge in [0.2, 0.25) is 5.91 Å². The highest BCUT2D eigenvalue weighted by Crippen LogP contribution is 2.24. The van der Waals surface area contributed by atoms with Crippen molar-refractivity contribution in [2.45, 2.75) is 46.7 Å². The summed E-state index contributed by atoms with van der Waals surface area (Å²) in [6.45, 7) is 7.34. The van der Waals surface area contributed by atoms with Crippen molar-refractivity contribution in [1.29, 1.82) is 0 Å². The summed E-state index contributed by atoms with van der Waals surface area (Å²) < 4.78 is 6.57. The topological polar surface area (TPSA) is 103 Å². The van der Waals surface area contributed by atoms with E-state index in [4.69, 9.17) is 10.2 Å². The average molecular weight is 318 g/mol. The molecule has 0 spiro atoms. The zero-order chi connectivity index (χ0) is 17.1. The minimum absolute atomic E-state index is 0.0394. The molecule has 0 bridgehead atoms. The summed E-state index contributed by atoms with van der Waals surface area (Å²) in [6.07, 6.45) is 0.809. The number of hydrogen-bond donors (Lipinski definition) is 2. The minimum atomic E-state index is -0.481. The second-order valence-electron chi connectivity index (χ2n) is 5.65. The Morgan fingerprint density at radius 2 is 2.13 bits per heavy atom. The normalized spacial score (nSPS) is 12.2. The SMILES string of the molecule is CC[C@@H](C)NC(=O)Cn1nc(-c2cc(C)oc2C)cc(N)c1=O. The van der Waals surface area contributed by atoms with Gasteiger partial charge in [-0.2, -0.15) is 5.10 Å². The Kier molecular flexibility index (Phi) is 4.88. The molecule has 0 saturated heterocycles. The summed E-state index contributed by atoms with van der Waals surface area (Å²) in [4.78, 5) is 24.1. The van der Waals surface area contributed by atoms with E-state index in [2.05, 4.69) is 10.4 Å². The van der Waals surface area contributed by atoms with Crippen molar-refractivity contribution in [3.8, 4) is 11.3 Å². The number of aromatic nitrogens is 2. The molecule has 3 N–H and O–H groups in total. The van der Waals surface area contributed by atoms with Crippen molar-refractivity contribution in [2.24, 2.45) is 0 Å². The quantitative estimate of drug-likeness (QED) is 0.872. The molecule has 7 heteroatoms. The van der Waals surface area contributed by atoms with Crippen LogP contribution in [0, 0.1) is 13.8 Å². The minimum Gasteiger partial charge on any atom is -0.466 e. The van der Waals surface area contributed by atoms with E-state index in [1.807, 2.05) is 33.8 Å². The second-order valence-corrected chi connectivity index (χ2v) is 5.65. The van der Waals surface area contributed by atoms with Gasteiger partial charge in [-0.15, -0.1) is 0 Å². The van der Waals surface area contributed by atoms with Gasteiger partial charge in [-0.3, -0.25) is 9.59 Å². The van der Waals surface area contributed by atoms with Gasteiger partial charge in [0.1, 0.15) is 23.8 Å². The van der Waals surface area contributed by atoms with E-state index in [1.165, 1.54) is 6.07 Å². The van der Waals surface area contributed by atoms with Crippen LogP contribution < -0.4 is 16.6 Å². The van der Waals surface area contributed by atoms with E-state index in [0.717, 1.165) is 22.4 Å². The molecule has 23 heavy (non-hydrogen) atoms. The Labute approximate surface area is 134 Å². The van der Waals surface area contributed by atoms with Gasteiger partial charge in [-0.05, 0) is 39.3 Å². The van der Waals surface area contributed by atoms with Crippen LogP contribution in [0.1, 0.15) is 31.8 Å². The molecule has 0 aliphatic rings. The van der Waals surface area contributed by atoms with Crippen molar-refractivity contribution in [2.75, 3.05) is 5.73 Å². The van der Waals surface area contributed by atoms with Gasteiger partial charge >= 0.3 is 0 Å². The van der Waals surface area contributed by atoms with E-state index in [0.29, 0.717) is 11.5 Å². The van der Waals surface area contributed by atoms with Gasteiger partial charge in [0.15, 0.2) is 0 Å². The third-order valence-corrected chi connectivity index (χ3v) is 3.63. The number of rotatable bonds is 5. The fourth-order valence-corrected chi connectivity index (χ4v) is 2.24. The van der Waals surface area contributed by atoms with Crippen molar-refractivity contribution >= 4 is 11.6 Å². The van der Waals surface area contributed by atoms with E-state index >= 15 is 0 Å². The van der Waals surface area contributed by atoms with Gasteiger partial charge in [-0.1, -0.05) is 6.92 Å². The first kappa shape index (κ1) is 16.8. The monoisotopic (exact) mass is 318 g/mol. The van der Waals surface area contributed by atoms with E-state index in [1.54, 1.807) is 0 Å². The van der Waals surface area contributed by atoms with Crippen molar-refractivity contribution < 1.29 is 9.21 Å². The van der Waals surface area contributed by atoms with E-state index in [9.17, 15) is 9.59 Å². The third kappa shape index (κ3) is 3.80. The van der Waals surface area contributed by atoms with Gasteiger partial charge in [-0.25, -0.2) is 4.68 Å². The number of nitrogens with one attached hydrogen (secondary N) is 1. The average Bonchev–Trinajstić information content (AvgIpc) is 2.82. The molecule has 1 amide bonds. The van der Waals surface area contributed by atoms with Crippen LogP contribution in [0.25, 0.3) is 11.3 Å². The number of amides is 1.